The van der Waals surface area contributed by atoms with Crippen molar-refractivity contribution in [2.24, 2.45) is 0 Å². The Morgan fingerprint density at radius 2 is 2.11 bits per heavy atom. The summed E-state index contributed by atoms with van der Waals surface area (Å²) in [7, 11) is 1.55. The van der Waals surface area contributed by atoms with Crippen molar-refractivity contribution in [2.75, 3.05) is 7.11 Å². The predicted octanol–water partition coefficient (Wildman–Crippen LogP) is 4.19. The standard InChI is InChI=1S/C13H13F2NOS/c1-8(12(14)15)9-4-3-5-10(6-9)11-7-18-16-13(11)17-2/h3-8,12H,1-2H3. The van der Waals surface area contributed by atoms with Gasteiger partial charge in [-0.2, -0.15) is 4.37 Å². The minimum atomic E-state index is -2.36. The highest BCUT2D eigenvalue weighted by atomic mass is 32.1. The van der Waals surface area contributed by atoms with Crippen LogP contribution < -0.4 is 4.74 Å². The molecule has 0 fully saturated rings. The van der Waals surface area contributed by atoms with E-state index in [9.17, 15) is 8.78 Å². The highest BCUT2D eigenvalue weighted by Gasteiger charge is 2.18. The van der Waals surface area contributed by atoms with Gasteiger partial charge in [-0.25, -0.2) is 8.78 Å². The minimum Gasteiger partial charge on any atom is -0.480 e. The molecule has 1 aromatic heterocycles. The third-order valence-corrected chi connectivity index (χ3v) is 3.44. The van der Waals surface area contributed by atoms with Crippen LogP contribution >= 0.6 is 11.5 Å². The molecule has 0 radical (unpaired) electrons. The summed E-state index contributed by atoms with van der Waals surface area (Å²) >= 11 is 1.28. The molecule has 0 aliphatic carbocycles. The van der Waals surface area contributed by atoms with Crippen LogP contribution in [-0.4, -0.2) is 17.9 Å². The Bertz CT molecular complexity index is 527. The van der Waals surface area contributed by atoms with Gasteiger partial charge >= 0.3 is 0 Å². The molecular weight excluding hydrogens is 256 g/mol. The molecule has 0 amide bonds. The Morgan fingerprint density at radius 3 is 2.78 bits per heavy atom. The normalized spacial score (nSPS) is 12.7. The van der Waals surface area contributed by atoms with Crippen molar-refractivity contribution in [3.63, 3.8) is 0 Å². The Morgan fingerprint density at radius 1 is 1.33 bits per heavy atom. The number of hydrogen-bond acceptors (Lipinski definition) is 3. The Labute approximate surface area is 108 Å². The molecule has 0 saturated heterocycles. The van der Waals surface area contributed by atoms with Gasteiger partial charge in [0.1, 0.15) is 0 Å². The average Bonchev–Trinajstić information content (AvgIpc) is 2.86. The van der Waals surface area contributed by atoms with Crippen molar-refractivity contribution in [1.29, 1.82) is 0 Å². The zero-order valence-corrected chi connectivity index (χ0v) is 10.9. The maximum Gasteiger partial charge on any atom is 0.245 e. The van der Waals surface area contributed by atoms with Gasteiger partial charge in [0, 0.05) is 11.3 Å². The van der Waals surface area contributed by atoms with Crippen LogP contribution in [-0.2, 0) is 0 Å². The van der Waals surface area contributed by atoms with Gasteiger partial charge in [0.15, 0.2) is 0 Å². The van der Waals surface area contributed by atoms with Crippen molar-refractivity contribution in [3.05, 3.63) is 35.2 Å². The third-order valence-electron chi connectivity index (χ3n) is 2.83. The van der Waals surface area contributed by atoms with Gasteiger partial charge < -0.3 is 4.74 Å². The molecule has 1 unspecified atom stereocenters. The van der Waals surface area contributed by atoms with Crippen molar-refractivity contribution in [3.8, 4) is 17.0 Å². The van der Waals surface area contributed by atoms with E-state index in [0.717, 1.165) is 11.1 Å². The van der Waals surface area contributed by atoms with E-state index in [-0.39, 0.29) is 0 Å². The highest BCUT2D eigenvalue weighted by Crippen LogP contribution is 2.33. The van der Waals surface area contributed by atoms with Gasteiger partial charge in [-0.1, -0.05) is 31.2 Å². The van der Waals surface area contributed by atoms with Crippen LogP contribution in [0.15, 0.2) is 29.6 Å². The summed E-state index contributed by atoms with van der Waals surface area (Å²) in [6, 6.07) is 7.13. The number of halogens is 2. The number of benzene rings is 1. The quantitative estimate of drug-likeness (QED) is 0.830. The molecule has 0 N–H and O–H groups in total. The van der Waals surface area contributed by atoms with Crippen LogP contribution in [0.25, 0.3) is 11.1 Å². The lowest BCUT2D eigenvalue weighted by atomic mass is 9.97. The first kappa shape index (κ1) is 13.0. The maximum absolute atomic E-state index is 12.7. The lowest BCUT2D eigenvalue weighted by Gasteiger charge is -2.12. The summed E-state index contributed by atoms with van der Waals surface area (Å²) < 4.78 is 34.6. The molecule has 1 atom stereocenters. The first-order valence-electron chi connectivity index (χ1n) is 5.50. The maximum atomic E-state index is 12.7. The molecule has 0 aliphatic heterocycles. The van der Waals surface area contributed by atoms with Crippen LogP contribution in [0.5, 0.6) is 5.88 Å². The number of hydrogen-bond donors (Lipinski definition) is 0. The molecule has 0 spiro atoms. The van der Waals surface area contributed by atoms with E-state index in [0.29, 0.717) is 11.4 Å². The number of methoxy groups -OCH3 is 1. The highest BCUT2D eigenvalue weighted by molar-refractivity contribution is 7.04. The molecule has 18 heavy (non-hydrogen) atoms. The Hall–Kier alpha value is -1.49. The van der Waals surface area contributed by atoms with Crippen molar-refractivity contribution in [1.82, 2.24) is 4.37 Å². The molecule has 2 nitrogen and oxygen atoms in total. The Balaban J connectivity index is 2.38. The minimum absolute atomic E-state index is 0.529. The average molecular weight is 269 g/mol. The van der Waals surface area contributed by atoms with Gasteiger partial charge in [0.2, 0.25) is 12.3 Å². The first-order chi connectivity index (χ1) is 8.63. The molecule has 0 aliphatic rings. The number of ether oxygens (including phenoxy) is 1. The monoisotopic (exact) mass is 269 g/mol. The molecule has 0 bridgehead atoms. The molecule has 0 saturated carbocycles. The van der Waals surface area contributed by atoms with Gasteiger partial charge in [0.05, 0.1) is 12.7 Å². The molecular formula is C13H13F2NOS. The van der Waals surface area contributed by atoms with E-state index < -0.39 is 12.3 Å². The van der Waals surface area contributed by atoms with Crippen molar-refractivity contribution in [2.45, 2.75) is 19.3 Å². The van der Waals surface area contributed by atoms with E-state index >= 15 is 0 Å². The summed E-state index contributed by atoms with van der Waals surface area (Å²) in [5.41, 5.74) is 2.31. The van der Waals surface area contributed by atoms with E-state index in [1.54, 1.807) is 25.3 Å². The SMILES string of the molecule is COc1nscc1-c1cccc(C(C)C(F)F)c1. The van der Waals surface area contributed by atoms with Crippen LogP contribution in [0.2, 0.25) is 0 Å². The van der Waals surface area contributed by atoms with Gasteiger partial charge in [-0.3, -0.25) is 0 Å². The van der Waals surface area contributed by atoms with E-state index in [2.05, 4.69) is 4.37 Å². The fourth-order valence-corrected chi connectivity index (χ4v) is 2.36. The molecule has 2 rings (SSSR count). The molecule has 1 aromatic carbocycles. The molecule has 5 heteroatoms. The smallest absolute Gasteiger partial charge is 0.245 e. The summed E-state index contributed by atoms with van der Waals surface area (Å²) in [6.45, 7) is 1.52. The van der Waals surface area contributed by atoms with Gasteiger partial charge in [-0.15, -0.1) is 0 Å². The lowest BCUT2D eigenvalue weighted by Crippen LogP contribution is -2.04. The summed E-state index contributed by atoms with van der Waals surface area (Å²) in [6.07, 6.45) is -2.36. The second kappa shape index (κ2) is 5.44. The summed E-state index contributed by atoms with van der Waals surface area (Å²) in [4.78, 5) is 0. The van der Waals surface area contributed by atoms with Crippen molar-refractivity contribution < 1.29 is 13.5 Å². The second-order valence-corrected chi connectivity index (χ2v) is 4.62. The van der Waals surface area contributed by atoms with E-state index in [1.165, 1.54) is 18.5 Å². The van der Waals surface area contributed by atoms with Crippen LogP contribution in [0.1, 0.15) is 18.4 Å². The van der Waals surface area contributed by atoms with Crippen molar-refractivity contribution >= 4 is 11.5 Å². The number of rotatable bonds is 4. The second-order valence-electron chi connectivity index (χ2n) is 3.99. The number of nitrogens with zero attached hydrogens (tertiary/aromatic N) is 1. The molecule has 1 heterocycles. The third kappa shape index (κ3) is 2.51. The lowest BCUT2D eigenvalue weighted by molar-refractivity contribution is 0.121. The number of alkyl halides is 2. The number of aromatic nitrogens is 1. The first-order valence-corrected chi connectivity index (χ1v) is 6.34. The fraction of sp³-hybridized carbons (Fsp3) is 0.308. The van der Waals surface area contributed by atoms with Crippen LogP contribution in [0.4, 0.5) is 8.78 Å². The molecule has 96 valence electrons. The van der Waals surface area contributed by atoms with Gasteiger partial charge in [-0.05, 0) is 22.7 Å². The largest absolute Gasteiger partial charge is 0.480 e. The van der Waals surface area contributed by atoms with Gasteiger partial charge in [0.25, 0.3) is 0 Å². The molecule has 2 aromatic rings. The fourth-order valence-electron chi connectivity index (χ4n) is 1.70. The summed E-state index contributed by atoms with van der Waals surface area (Å²) in [5.74, 6) is -0.246. The Kier molecular flexibility index (Phi) is 3.91. The topological polar surface area (TPSA) is 22.1 Å². The van der Waals surface area contributed by atoms with E-state index in [1.807, 2.05) is 11.4 Å². The van der Waals surface area contributed by atoms with Crippen LogP contribution in [0, 0.1) is 0 Å². The van der Waals surface area contributed by atoms with Crippen LogP contribution in [0.3, 0.4) is 0 Å². The summed E-state index contributed by atoms with van der Waals surface area (Å²) in [5, 5.41) is 1.85. The zero-order chi connectivity index (χ0) is 13.1. The zero-order valence-electron chi connectivity index (χ0n) is 10.1. The predicted molar refractivity (Wildman–Crippen MR) is 68.5 cm³/mol. The van der Waals surface area contributed by atoms with E-state index in [4.69, 9.17) is 4.74 Å².